The topological polar surface area (TPSA) is 92.7 Å². The van der Waals surface area contributed by atoms with Crippen molar-refractivity contribution in [1.29, 1.82) is 0 Å². The van der Waals surface area contributed by atoms with Gasteiger partial charge in [-0.3, -0.25) is 4.79 Å². The first kappa shape index (κ1) is 17.2. The molecule has 0 saturated carbocycles. The zero-order chi connectivity index (χ0) is 15.9. The number of ether oxygens (including phenoxy) is 1. The summed E-state index contributed by atoms with van der Waals surface area (Å²) >= 11 is 0. The number of esters is 1. The second kappa shape index (κ2) is 7.78. The van der Waals surface area contributed by atoms with Crippen LogP contribution in [0.4, 0.5) is 0 Å². The quantitative estimate of drug-likeness (QED) is 0.590. The van der Waals surface area contributed by atoms with Gasteiger partial charge >= 0.3 is 5.97 Å². The summed E-state index contributed by atoms with van der Waals surface area (Å²) < 4.78 is 30.7. The van der Waals surface area contributed by atoms with Crippen molar-refractivity contribution in [2.75, 3.05) is 13.7 Å². The van der Waals surface area contributed by atoms with Gasteiger partial charge in [0.05, 0.1) is 7.11 Å². The first-order valence-electron chi connectivity index (χ1n) is 6.16. The van der Waals surface area contributed by atoms with Crippen LogP contribution >= 0.6 is 0 Å². The molecule has 21 heavy (non-hydrogen) atoms. The number of rotatable bonds is 5. The molecule has 7 heteroatoms. The van der Waals surface area contributed by atoms with E-state index >= 15 is 0 Å². The fraction of sp³-hybridized carbons (Fsp3) is 0.357. The normalized spacial score (nSPS) is 12.1. The van der Waals surface area contributed by atoms with Crippen molar-refractivity contribution in [1.82, 2.24) is 4.72 Å². The Morgan fingerprint density at radius 1 is 1.43 bits per heavy atom. The Kier molecular flexibility index (Phi) is 6.37. The van der Waals surface area contributed by atoms with Crippen LogP contribution in [0.3, 0.4) is 0 Å². The number of hydrogen-bond donors (Lipinski definition) is 2. The largest absolute Gasteiger partial charge is 0.468 e. The van der Waals surface area contributed by atoms with Gasteiger partial charge in [0.2, 0.25) is 10.0 Å². The standard InChI is InChI=1S/C14H17NO5S/c1-11(14(17)20-2)21(18,19)15-10-13-7-4-3-6-12(13)8-5-9-16/h3-4,6-7,11,15-16H,9-10H2,1-2H3. The van der Waals surface area contributed by atoms with E-state index in [2.05, 4.69) is 21.3 Å². The molecule has 1 aromatic rings. The van der Waals surface area contributed by atoms with Gasteiger partial charge in [-0.15, -0.1) is 0 Å². The first-order chi connectivity index (χ1) is 9.92. The third kappa shape index (κ3) is 4.86. The lowest BCUT2D eigenvalue weighted by molar-refractivity contribution is -0.139. The zero-order valence-electron chi connectivity index (χ0n) is 11.8. The first-order valence-corrected chi connectivity index (χ1v) is 7.71. The van der Waals surface area contributed by atoms with Crippen LogP contribution in [0.15, 0.2) is 24.3 Å². The fourth-order valence-corrected chi connectivity index (χ4v) is 2.48. The maximum Gasteiger partial charge on any atom is 0.325 e. The minimum absolute atomic E-state index is 0.0000501. The molecule has 0 bridgehead atoms. The van der Waals surface area contributed by atoms with Crippen LogP contribution in [-0.2, 0) is 26.1 Å². The van der Waals surface area contributed by atoms with Crippen molar-refractivity contribution < 1.29 is 23.1 Å². The average molecular weight is 311 g/mol. The van der Waals surface area contributed by atoms with E-state index in [4.69, 9.17) is 5.11 Å². The van der Waals surface area contributed by atoms with Gasteiger partial charge in [-0.1, -0.05) is 30.0 Å². The Morgan fingerprint density at radius 2 is 2.10 bits per heavy atom. The van der Waals surface area contributed by atoms with Gasteiger partial charge in [0, 0.05) is 12.1 Å². The van der Waals surface area contributed by atoms with E-state index in [0.29, 0.717) is 11.1 Å². The third-order valence-corrected chi connectivity index (χ3v) is 4.45. The SMILES string of the molecule is COC(=O)C(C)S(=O)(=O)NCc1ccccc1C#CCO. The number of sulfonamides is 1. The molecule has 0 aromatic heterocycles. The van der Waals surface area contributed by atoms with Crippen LogP contribution in [0.25, 0.3) is 0 Å². The van der Waals surface area contributed by atoms with E-state index in [-0.39, 0.29) is 13.2 Å². The molecule has 0 aliphatic heterocycles. The van der Waals surface area contributed by atoms with Gasteiger partial charge in [-0.05, 0) is 18.6 Å². The summed E-state index contributed by atoms with van der Waals surface area (Å²) in [6.45, 7) is 0.977. The molecule has 0 aliphatic rings. The van der Waals surface area contributed by atoms with Gasteiger partial charge in [0.15, 0.2) is 5.25 Å². The van der Waals surface area contributed by atoms with E-state index in [1.54, 1.807) is 24.3 Å². The van der Waals surface area contributed by atoms with Crippen LogP contribution < -0.4 is 4.72 Å². The number of nitrogens with one attached hydrogen (secondary N) is 1. The number of aliphatic hydroxyl groups excluding tert-OH is 1. The highest BCUT2D eigenvalue weighted by Crippen LogP contribution is 2.09. The molecule has 0 radical (unpaired) electrons. The van der Waals surface area contributed by atoms with Gasteiger partial charge in [-0.25, -0.2) is 13.1 Å². The van der Waals surface area contributed by atoms with Crippen molar-refractivity contribution in [2.24, 2.45) is 0 Å². The highest BCUT2D eigenvalue weighted by molar-refractivity contribution is 7.90. The molecular formula is C14H17NO5S. The molecule has 0 amide bonds. The van der Waals surface area contributed by atoms with Gasteiger partial charge < -0.3 is 9.84 Å². The molecule has 0 fully saturated rings. The third-order valence-electron chi connectivity index (χ3n) is 2.78. The number of hydrogen-bond acceptors (Lipinski definition) is 5. The lowest BCUT2D eigenvalue weighted by Crippen LogP contribution is -2.37. The number of aliphatic hydroxyl groups is 1. The van der Waals surface area contributed by atoms with Crippen molar-refractivity contribution in [3.05, 3.63) is 35.4 Å². The van der Waals surface area contributed by atoms with E-state index in [1.807, 2.05) is 0 Å². The van der Waals surface area contributed by atoms with Crippen LogP contribution in [0, 0.1) is 11.8 Å². The molecule has 1 aromatic carbocycles. The fourth-order valence-electron chi connectivity index (χ4n) is 1.53. The van der Waals surface area contributed by atoms with Gasteiger partial charge in [0.25, 0.3) is 0 Å². The molecule has 6 nitrogen and oxygen atoms in total. The molecule has 0 spiro atoms. The predicted molar refractivity (Wildman–Crippen MR) is 77.6 cm³/mol. The van der Waals surface area contributed by atoms with Crippen molar-refractivity contribution in [3.63, 3.8) is 0 Å². The minimum atomic E-state index is -3.83. The molecule has 114 valence electrons. The van der Waals surface area contributed by atoms with Gasteiger partial charge in [0.1, 0.15) is 6.61 Å². The highest BCUT2D eigenvalue weighted by atomic mass is 32.2. The summed E-state index contributed by atoms with van der Waals surface area (Å²) in [6, 6.07) is 6.94. The maximum absolute atomic E-state index is 11.9. The van der Waals surface area contributed by atoms with Gasteiger partial charge in [-0.2, -0.15) is 0 Å². The van der Waals surface area contributed by atoms with Crippen LogP contribution in [-0.4, -0.2) is 38.5 Å². The Hall–Kier alpha value is -1.88. The average Bonchev–Trinajstić information content (AvgIpc) is 2.50. The summed E-state index contributed by atoms with van der Waals surface area (Å²) in [5.74, 6) is 4.42. The molecule has 1 unspecified atom stereocenters. The predicted octanol–water partition coefficient (Wildman–Crippen LogP) is 0.0113. The Bertz CT molecular complexity index is 657. The van der Waals surface area contributed by atoms with Crippen molar-refractivity contribution in [2.45, 2.75) is 18.7 Å². The number of methoxy groups -OCH3 is 1. The lowest BCUT2D eigenvalue weighted by atomic mass is 10.1. The van der Waals surface area contributed by atoms with Crippen molar-refractivity contribution in [3.8, 4) is 11.8 Å². The second-order valence-corrected chi connectivity index (χ2v) is 6.23. The molecule has 2 N–H and O–H groups in total. The highest BCUT2D eigenvalue weighted by Gasteiger charge is 2.28. The summed E-state index contributed by atoms with van der Waals surface area (Å²) in [7, 11) is -2.70. The van der Waals surface area contributed by atoms with Crippen LogP contribution in [0.5, 0.6) is 0 Å². The summed E-state index contributed by atoms with van der Waals surface area (Å²) in [5, 5.41) is 7.41. The molecular weight excluding hydrogens is 294 g/mol. The maximum atomic E-state index is 11.9. The Balaban J connectivity index is 2.87. The summed E-state index contributed by atoms with van der Waals surface area (Å²) in [6.07, 6.45) is 0. The van der Waals surface area contributed by atoms with Crippen molar-refractivity contribution >= 4 is 16.0 Å². The second-order valence-electron chi connectivity index (χ2n) is 4.15. The smallest absolute Gasteiger partial charge is 0.325 e. The van der Waals surface area contributed by atoms with E-state index < -0.39 is 21.2 Å². The van der Waals surface area contributed by atoms with Crippen LogP contribution in [0.1, 0.15) is 18.1 Å². The lowest BCUT2D eigenvalue weighted by Gasteiger charge is -2.12. The molecule has 0 heterocycles. The molecule has 1 atom stereocenters. The minimum Gasteiger partial charge on any atom is -0.468 e. The zero-order valence-corrected chi connectivity index (χ0v) is 12.6. The summed E-state index contributed by atoms with van der Waals surface area (Å²) in [5.41, 5.74) is 1.26. The summed E-state index contributed by atoms with van der Waals surface area (Å²) in [4.78, 5) is 11.3. The number of benzene rings is 1. The van der Waals surface area contributed by atoms with Crippen LogP contribution in [0.2, 0.25) is 0 Å². The van der Waals surface area contributed by atoms with E-state index in [1.165, 1.54) is 6.92 Å². The van der Waals surface area contributed by atoms with E-state index in [0.717, 1.165) is 7.11 Å². The molecule has 1 rings (SSSR count). The molecule has 0 saturated heterocycles. The Morgan fingerprint density at radius 3 is 2.71 bits per heavy atom. The number of carbonyl (C=O) groups excluding carboxylic acids is 1. The Labute approximate surface area is 124 Å². The molecule has 0 aliphatic carbocycles. The monoisotopic (exact) mass is 311 g/mol. The number of carbonyl (C=O) groups is 1. The van der Waals surface area contributed by atoms with E-state index in [9.17, 15) is 13.2 Å².